The lowest BCUT2D eigenvalue weighted by molar-refractivity contribution is 0.0936. The number of methoxy groups -OCH3 is 1. The quantitative estimate of drug-likeness (QED) is 0.567. The maximum absolute atomic E-state index is 13.2. The summed E-state index contributed by atoms with van der Waals surface area (Å²) >= 11 is 1.29. The van der Waals surface area contributed by atoms with Crippen LogP contribution in [0.4, 0.5) is 9.80 Å². The van der Waals surface area contributed by atoms with Crippen LogP contribution in [0.2, 0.25) is 0 Å². The van der Waals surface area contributed by atoms with E-state index in [1.165, 1.54) is 42.7 Å². The molecule has 1 unspecified atom stereocenters. The van der Waals surface area contributed by atoms with Crippen LogP contribution in [0.5, 0.6) is 0 Å². The fourth-order valence-electron chi connectivity index (χ4n) is 4.85. The first kappa shape index (κ1) is 27.2. The van der Waals surface area contributed by atoms with E-state index < -0.39 is 27.9 Å². The normalized spacial score (nSPS) is 18.6. The fourth-order valence-corrected chi connectivity index (χ4v) is 7.94. The minimum Gasteiger partial charge on any atom is -0.453 e. The van der Waals surface area contributed by atoms with Gasteiger partial charge < -0.3 is 15.0 Å². The van der Waals surface area contributed by atoms with Crippen molar-refractivity contribution in [1.82, 2.24) is 14.5 Å². The summed E-state index contributed by atoms with van der Waals surface area (Å²) < 4.78 is 32.6. The predicted octanol–water partition coefficient (Wildman–Crippen LogP) is 3.44. The molecule has 1 fully saturated rings. The first-order valence-corrected chi connectivity index (χ1v) is 14.6. The van der Waals surface area contributed by atoms with Gasteiger partial charge in [0, 0.05) is 36.1 Å². The van der Waals surface area contributed by atoms with E-state index in [1.54, 1.807) is 4.31 Å². The number of hydrogen-bond acceptors (Lipinski definition) is 8. The molecule has 2 aromatic rings. The highest BCUT2D eigenvalue weighted by Gasteiger charge is 2.33. The third-order valence-corrected chi connectivity index (χ3v) is 9.97. The third kappa shape index (κ3) is 5.71. The molecule has 0 saturated carbocycles. The number of benzene rings is 1. The zero-order valence-corrected chi connectivity index (χ0v) is 22.8. The number of anilines is 1. The van der Waals surface area contributed by atoms with Crippen LogP contribution in [-0.2, 0) is 27.7 Å². The second-order valence-electron chi connectivity index (χ2n) is 9.29. The van der Waals surface area contributed by atoms with Gasteiger partial charge in [-0.1, -0.05) is 13.3 Å². The van der Waals surface area contributed by atoms with Crippen molar-refractivity contribution in [1.29, 1.82) is 0 Å². The van der Waals surface area contributed by atoms with Gasteiger partial charge >= 0.3 is 6.09 Å². The number of likely N-dealkylation sites (N-methyl/N-ethyl adjacent to an activating group) is 1. The molecule has 1 saturated heterocycles. The maximum Gasteiger partial charge on any atom is 0.413 e. The van der Waals surface area contributed by atoms with E-state index in [0.717, 1.165) is 42.7 Å². The summed E-state index contributed by atoms with van der Waals surface area (Å²) in [4.78, 5) is 40.8. The van der Waals surface area contributed by atoms with Crippen molar-refractivity contribution in [2.75, 3.05) is 32.6 Å². The molecule has 4 rings (SSSR count). The first-order chi connectivity index (χ1) is 17.6. The first-order valence-electron chi connectivity index (χ1n) is 12.3. The Balaban J connectivity index is 1.57. The van der Waals surface area contributed by atoms with Crippen molar-refractivity contribution >= 4 is 44.3 Å². The number of piperidine rings is 1. The van der Waals surface area contributed by atoms with Gasteiger partial charge in [-0.3, -0.25) is 14.9 Å². The summed E-state index contributed by atoms with van der Waals surface area (Å²) in [7, 11) is -0.525. The van der Waals surface area contributed by atoms with Gasteiger partial charge in [-0.05, 0) is 62.6 Å². The molecule has 2 aliphatic heterocycles. The van der Waals surface area contributed by atoms with Crippen molar-refractivity contribution in [2.24, 2.45) is 0 Å². The monoisotopic (exact) mass is 548 g/mol. The molecule has 2 N–H and O–H groups in total. The average Bonchev–Trinajstić information content (AvgIpc) is 3.25. The van der Waals surface area contributed by atoms with Gasteiger partial charge in [-0.15, -0.1) is 11.3 Å². The highest BCUT2D eigenvalue weighted by Crippen LogP contribution is 2.37. The fraction of sp³-hybridized carbons (Fsp3) is 0.480. The van der Waals surface area contributed by atoms with Gasteiger partial charge in [0.05, 0.1) is 17.6 Å². The number of imide groups is 1. The number of nitrogens with zero attached hydrogens (tertiary/aromatic N) is 2. The molecule has 1 aromatic heterocycles. The lowest BCUT2D eigenvalue weighted by Gasteiger charge is -2.34. The van der Waals surface area contributed by atoms with E-state index in [2.05, 4.69) is 20.3 Å². The number of thiophene rings is 1. The van der Waals surface area contributed by atoms with Crippen molar-refractivity contribution in [2.45, 2.75) is 56.5 Å². The summed E-state index contributed by atoms with van der Waals surface area (Å²) in [5, 5.41) is 5.31. The minimum absolute atomic E-state index is 0.0137. The van der Waals surface area contributed by atoms with Gasteiger partial charge in [-0.25, -0.2) is 13.2 Å². The molecule has 37 heavy (non-hydrogen) atoms. The van der Waals surface area contributed by atoms with E-state index in [-0.39, 0.29) is 22.1 Å². The highest BCUT2D eigenvalue weighted by atomic mass is 32.2. The van der Waals surface area contributed by atoms with Crippen LogP contribution in [0.3, 0.4) is 0 Å². The second-order valence-corrected chi connectivity index (χ2v) is 12.3. The SMILES string of the molecule is CCC1CCCCN1S(=O)(=O)c1ccc(C(=O)Nc2sc3c(c2C(=O)NC(=O)OC)CCN(C)C3)cc1. The summed E-state index contributed by atoms with van der Waals surface area (Å²) in [6, 6.07) is 5.83. The van der Waals surface area contributed by atoms with Gasteiger partial charge in [0.2, 0.25) is 10.0 Å². The Labute approximate surface area is 221 Å². The summed E-state index contributed by atoms with van der Waals surface area (Å²) in [6.07, 6.45) is 3.18. The number of amides is 3. The summed E-state index contributed by atoms with van der Waals surface area (Å²) in [6.45, 7) is 3.85. The Kier molecular flexibility index (Phi) is 8.32. The van der Waals surface area contributed by atoms with Crippen LogP contribution >= 0.6 is 11.3 Å². The van der Waals surface area contributed by atoms with Crippen molar-refractivity contribution < 1.29 is 27.5 Å². The van der Waals surface area contributed by atoms with E-state index >= 15 is 0 Å². The number of hydrogen-bond donors (Lipinski definition) is 2. The lowest BCUT2D eigenvalue weighted by atomic mass is 10.0. The summed E-state index contributed by atoms with van der Waals surface area (Å²) in [5.41, 5.74) is 1.31. The summed E-state index contributed by atoms with van der Waals surface area (Å²) in [5.74, 6) is -1.12. The smallest absolute Gasteiger partial charge is 0.413 e. The van der Waals surface area contributed by atoms with Crippen LogP contribution in [0, 0.1) is 0 Å². The Morgan fingerprint density at radius 1 is 1.11 bits per heavy atom. The molecular weight excluding hydrogens is 516 g/mol. The number of carbonyl (C=O) groups excluding carboxylic acids is 3. The van der Waals surface area contributed by atoms with E-state index in [0.29, 0.717) is 24.5 Å². The van der Waals surface area contributed by atoms with Gasteiger partial charge in [0.25, 0.3) is 11.8 Å². The number of fused-ring (bicyclic) bond motifs is 1. The zero-order valence-electron chi connectivity index (χ0n) is 21.2. The molecule has 3 amide bonds. The van der Waals surface area contributed by atoms with Crippen molar-refractivity contribution in [3.8, 4) is 0 Å². The number of rotatable bonds is 6. The topological polar surface area (TPSA) is 125 Å². The van der Waals surface area contributed by atoms with Gasteiger partial charge in [0.1, 0.15) is 5.00 Å². The predicted molar refractivity (Wildman–Crippen MR) is 140 cm³/mol. The largest absolute Gasteiger partial charge is 0.453 e. The van der Waals surface area contributed by atoms with Crippen LogP contribution in [0.25, 0.3) is 0 Å². The van der Waals surface area contributed by atoms with Gasteiger partial charge in [-0.2, -0.15) is 4.31 Å². The third-order valence-electron chi connectivity index (χ3n) is 6.87. The van der Waals surface area contributed by atoms with E-state index in [1.807, 2.05) is 14.0 Å². The molecule has 0 bridgehead atoms. The second kappa shape index (κ2) is 11.3. The highest BCUT2D eigenvalue weighted by molar-refractivity contribution is 7.89. The molecule has 1 aromatic carbocycles. The minimum atomic E-state index is -3.66. The molecule has 12 heteroatoms. The number of ether oxygens (including phenoxy) is 1. The Morgan fingerprint density at radius 2 is 1.84 bits per heavy atom. The number of sulfonamides is 1. The van der Waals surface area contributed by atoms with Crippen LogP contribution in [0.15, 0.2) is 29.2 Å². The maximum atomic E-state index is 13.2. The van der Waals surface area contributed by atoms with E-state index in [4.69, 9.17) is 0 Å². The molecule has 0 radical (unpaired) electrons. The number of nitrogens with one attached hydrogen (secondary N) is 2. The molecule has 3 heterocycles. The molecule has 0 aliphatic carbocycles. The Hall–Kier alpha value is -2.80. The molecule has 200 valence electrons. The number of alkyl carbamates (subject to hydrolysis) is 1. The molecule has 10 nitrogen and oxygen atoms in total. The van der Waals surface area contributed by atoms with Gasteiger partial charge in [0.15, 0.2) is 0 Å². The molecular formula is C25H32N4O6S2. The average molecular weight is 549 g/mol. The molecule has 0 spiro atoms. The van der Waals surface area contributed by atoms with Crippen LogP contribution < -0.4 is 10.6 Å². The van der Waals surface area contributed by atoms with Crippen molar-refractivity contribution in [3.63, 3.8) is 0 Å². The van der Waals surface area contributed by atoms with Crippen molar-refractivity contribution in [3.05, 3.63) is 45.8 Å². The Morgan fingerprint density at radius 3 is 2.51 bits per heavy atom. The van der Waals surface area contributed by atoms with Crippen LogP contribution in [-0.4, -0.2) is 68.8 Å². The lowest BCUT2D eigenvalue weighted by Crippen LogP contribution is -2.43. The molecule has 1 atom stereocenters. The van der Waals surface area contributed by atoms with E-state index in [9.17, 15) is 22.8 Å². The standard InChI is InChI=1S/C25H32N4O6S2/c1-4-17-7-5-6-13-29(17)37(33,34)18-10-8-16(9-11-18)22(30)26-24-21(23(31)27-25(32)35-3)19-12-14-28(2)15-20(19)36-24/h8-11,17H,4-7,12-15H2,1-3H3,(H,26,30)(H,27,31,32). The molecule has 2 aliphatic rings. The number of carbonyl (C=O) groups is 3. The van der Waals surface area contributed by atoms with Crippen LogP contribution in [0.1, 0.15) is 63.8 Å². The Bertz CT molecular complexity index is 1290. The zero-order chi connectivity index (χ0) is 26.7.